The fraction of sp³-hybridized carbons (Fsp3) is 0.294. The van der Waals surface area contributed by atoms with E-state index in [1.165, 1.54) is 11.1 Å². The molecule has 21 heavy (non-hydrogen) atoms. The van der Waals surface area contributed by atoms with E-state index < -0.39 is 0 Å². The van der Waals surface area contributed by atoms with Crippen molar-refractivity contribution in [1.29, 1.82) is 0 Å². The van der Waals surface area contributed by atoms with Crippen molar-refractivity contribution in [2.75, 3.05) is 0 Å². The number of benzene rings is 1. The zero-order valence-corrected chi connectivity index (χ0v) is 12.5. The Hall–Kier alpha value is -2.20. The van der Waals surface area contributed by atoms with Crippen LogP contribution in [0.25, 0.3) is 11.0 Å². The topological polar surface area (TPSA) is 42.7 Å². The van der Waals surface area contributed by atoms with Crippen LogP contribution in [0, 0.1) is 0 Å². The molecule has 4 heteroatoms. The van der Waals surface area contributed by atoms with Gasteiger partial charge in [0.2, 0.25) is 0 Å². The molecule has 2 heterocycles. The molecule has 0 aliphatic rings. The zero-order chi connectivity index (χ0) is 14.7. The van der Waals surface area contributed by atoms with Gasteiger partial charge >= 0.3 is 0 Å². The lowest BCUT2D eigenvalue weighted by Gasteiger charge is -2.14. The average Bonchev–Trinajstić information content (AvgIpc) is 2.91. The van der Waals surface area contributed by atoms with Crippen LogP contribution in [-0.2, 0) is 13.1 Å². The molecule has 0 amide bonds. The standard InChI is InChI=1S/C17H20N4/c1-3-21-16-9-5-4-8-15(16)20-17(21)12-19-13(2)14-7-6-10-18-11-14/h4-11,13,19H,3,12H2,1-2H3. The van der Waals surface area contributed by atoms with Crippen molar-refractivity contribution in [3.63, 3.8) is 0 Å². The molecule has 1 aromatic carbocycles. The number of para-hydroxylation sites is 2. The van der Waals surface area contributed by atoms with Crippen molar-refractivity contribution in [1.82, 2.24) is 19.9 Å². The van der Waals surface area contributed by atoms with E-state index in [1.807, 2.05) is 18.3 Å². The molecule has 3 rings (SSSR count). The van der Waals surface area contributed by atoms with Crippen molar-refractivity contribution < 1.29 is 0 Å². The fourth-order valence-corrected chi connectivity index (χ4v) is 2.61. The summed E-state index contributed by atoms with van der Waals surface area (Å²) >= 11 is 0. The Kier molecular flexibility index (Phi) is 3.97. The highest BCUT2D eigenvalue weighted by Crippen LogP contribution is 2.17. The van der Waals surface area contributed by atoms with Gasteiger partial charge in [-0.3, -0.25) is 4.98 Å². The molecule has 3 aromatic rings. The molecule has 2 aromatic heterocycles. The Bertz CT molecular complexity index is 718. The molecule has 108 valence electrons. The first-order valence-electron chi connectivity index (χ1n) is 7.37. The maximum absolute atomic E-state index is 4.73. The monoisotopic (exact) mass is 280 g/mol. The fourth-order valence-electron chi connectivity index (χ4n) is 2.61. The second-order valence-corrected chi connectivity index (χ2v) is 5.15. The molecule has 0 bridgehead atoms. The van der Waals surface area contributed by atoms with Gasteiger partial charge in [-0.25, -0.2) is 4.98 Å². The quantitative estimate of drug-likeness (QED) is 0.779. The van der Waals surface area contributed by atoms with Gasteiger partial charge in [0.05, 0.1) is 17.6 Å². The van der Waals surface area contributed by atoms with Crippen LogP contribution in [0.2, 0.25) is 0 Å². The summed E-state index contributed by atoms with van der Waals surface area (Å²) in [6.45, 7) is 5.98. The molecule has 0 aliphatic carbocycles. The molecule has 0 saturated carbocycles. The number of hydrogen-bond donors (Lipinski definition) is 1. The SMILES string of the molecule is CCn1c(CNC(C)c2cccnc2)nc2ccccc21. The van der Waals surface area contributed by atoms with Crippen molar-refractivity contribution in [3.8, 4) is 0 Å². The van der Waals surface area contributed by atoms with Crippen molar-refractivity contribution >= 4 is 11.0 Å². The van der Waals surface area contributed by atoms with E-state index in [1.54, 1.807) is 6.20 Å². The maximum Gasteiger partial charge on any atom is 0.123 e. The molecular weight excluding hydrogens is 260 g/mol. The third-order valence-electron chi connectivity index (χ3n) is 3.80. The lowest BCUT2D eigenvalue weighted by molar-refractivity contribution is 0.542. The van der Waals surface area contributed by atoms with Crippen molar-refractivity contribution in [2.45, 2.75) is 33.0 Å². The second kappa shape index (κ2) is 6.06. The number of aromatic nitrogens is 3. The maximum atomic E-state index is 4.73. The summed E-state index contributed by atoms with van der Waals surface area (Å²) in [4.78, 5) is 8.90. The minimum atomic E-state index is 0.254. The number of pyridine rings is 1. The summed E-state index contributed by atoms with van der Waals surface area (Å²) < 4.78 is 2.26. The van der Waals surface area contributed by atoms with Crippen LogP contribution in [0.4, 0.5) is 0 Å². The number of hydrogen-bond acceptors (Lipinski definition) is 3. The van der Waals surface area contributed by atoms with E-state index in [4.69, 9.17) is 4.98 Å². The van der Waals surface area contributed by atoms with Gasteiger partial charge in [0, 0.05) is 25.0 Å². The van der Waals surface area contributed by atoms with Crippen LogP contribution in [0.3, 0.4) is 0 Å². The predicted octanol–water partition coefficient (Wildman–Crippen LogP) is 3.30. The van der Waals surface area contributed by atoms with Crippen LogP contribution in [0.15, 0.2) is 48.8 Å². The van der Waals surface area contributed by atoms with E-state index in [9.17, 15) is 0 Å². The molecule has 1 unspecified atom stereocenters. The van der Waals surface area contributed by atoms with E-state index in [0.29, 0.717) is 0 Å². The highest BCUT2D eigenvalue weighted by Gasteiger charge is 2.10. The zero-order valence-electron chi connectivity index (χ0n) is 12.5. The van der Waals surface area contributed by atoms with E-state index in [-0.39, 0.29) is 6.04 Å². The van der Waals surface area contributed by atoms with Gasteiger partial charge in [-0.15, -0.1) is 0 Å². The van der Waals surface area contributed by atoms with Gasteiger partial charge in [0.25, 0.3) is 0 Å². The third kappa shape index (κ3) is 2.81. The highest BCUT2D eigenvalue weighted by molar-refractivity contribution is 5.75. The lowest BCUT2D eigenvalue weighted by Crippen LogP contribution is -2.20. The average molecular weight is 280 g/mol. The molecule has 0 aliphatic heterocycles. The molecule has 1 N–H and O–H groups in total. The molecule has 1 atom stereocenters. The predicted molar refractivity (Wildman–Crippen MR) is 84.9 cm³/mol. The van der Waals surface area contributed by atoms with Gasteiger partial charge in [-0.2, -0.15) is 0 Å². The van der Waals surface area contributed by atoms with Crippen LogP contribution in [0.5, 0.6) is 0 Å². The summed E-state index contributed by atoms with van der Waals surface area (Å²) in [6.07, 6.45) is 3.70. The summed E-state index contributed by atoms with van der Waals surface area (Å²) in [6, 6.07) is 12.6. The van der Waals surface area contributed by atoms with Gasteiger partial charge < -0.3 is 9.88 Å². The van der Waals surface area contributed by atoms with Crippen molar-refractivity contribution in [2.24, 2.45) is 0 Å². The number of imidazole rings is 1. The number of nitrogens with one attached hydrogen (secondary N) is 1. The second-order valence-electron chi connectivity index (χ2n) is 5.15. The Labute approximate surface area is 124 Å². The van der Waals surface area contributed by atoms with Crippen LogP contribution >= 0.6 is 0 Å². The van der Waals surface area contributed by atoms with E-state index in [0.717, 1.165) is 24.4 Å². The van der Waals surface area contributed by atoms with Gasteiger partial charge in [0.15, 0.2) is 0 Å². The summed E-state index contributed by atoms with van der Waals surface area (Å²) in [5, 5.41) is 3.53. The number of fused-ring (bicyclic) bond motifs is 1. The molecule has 0 saturated heterocycles. The van der Waals surface area contributed by atoms with Gasteiger partial charge in [0.1, 0.15) is 5.82 Å². The lowest BCUT2D eigenvalue weighted by atomic mass is 10.1. The number of rotatable bonds is 5. The van der Waals surface area contributed by atoms with E-state index in [2.05, 4.69) is 53.0 Å². The Morgan fingerprint density at radius 2 is 2.05 bits per heavy atom. The van der Waals surface area contributed by atoms with Gasteiger partial charge in [-0.1, -0.05) is 18.2 Å². The minimum Gasteiger partial charge on any atom is -0.327 e. The summed E-state index contributed by atoms with van der Waals surface area (Å²) in [7, 11) is 0. The van der Waals surface area contributed by atoms with Crippen LogP contribution in [0.1, 0.15) is 31.3 Å². The molecule has 4 nitrogen and oxygen atoms in total. The van der Waals surface area contributed by atoms with Crippen LogP contribution in [-0.4, -0.2) is 14.5 Å². The third-order valence-corrected chi connectivity index (χ3v) is 3.80. The Morgan fingerprint density at radius 1 is 1.19 bits per heavy atom. The summed E-state index contributed by atoms with van der Waals surface area (Å²) in [5.41, 5.74) is 3.45. The highest BCUT2D eigenvalue weighted by atomic mass is 15.1. The molecule has 0 fully saturated rings. The van der Waals surface area contributed by atoms with Crippen LogP contribution < -0.4 is 5.32 Å². The van der Waals surface area contributed by atoms with Crippen molar-refractivity contribution in [3.05, 3.63) is 60.2 Å². The smallest absolute Gasteiger partial charge is 0.123 e. The first kappa shape index (κ1) is 13.8. The van der Waals surface area contributed by atoms with Gasteiger partial charge in [-0.05, 0) is 37.6 Å². The molecule has 0 spiro atoms. The summed E-state index contributed by atoms with van der Waals surface area (Å²) in [5.74, 6) is 1.08. The minimum absolute atomic E-state index is 0.254. The first-order chi connectivity index (χ1) is 10.3. The number of aryl methyl sites for hydroxylation is 1. The first-order valence-corrected chi connectivity index (χ1v) is 7.37. The normalized spacial score (nSPS) is 12.7. The Morgan fingerprint density at radius 3 is 2.81 bits per heavy atom. The van der Waals surface area contributed by atoms with E-state index >= 15 is 0 Å². The number of nitrogens with zero attached hydrogens (tertiary/aromatic N) is 3. The molecule has 0 radical (unpaired) electrons. The largest absolute Gasteiger partial charge is 0.327 e. The Balaban J connectivity index is 1.79. The molecular formula is C17H20N4.